The summed E-state index contributed by atoms with van der Waals surface area (Å²) in [7, 11) is -3.97. The van der Waals surface area contributed by atoms with Gasteiger partial charge in [0.15, 0.2) is 5.54 Å². The number of carbonyl (C=O) groups excluding carboxylic acids is 2. The number of sulfonamides is 1. The van der Waals surface area contributed by atoms with E-state index in [4.69, 9.17) is 16.3 Å². The number of carbonyl (C=O) groups is 2. The van der Waals surface area contributed by atoms with Gasteiger partial charge in [0, 0.05) is 25.4 Å². The summed E-state index contributed by atoms with van der Waals surface area (Å²) in [5, 5.41) is 4.99. The van der Waals surface area contributed by atoms with Crippen molar-refractivity contribution in [2.45, 2.75) is 24.5 Å². The van der Waals surface area contributed by atoms with Gasteiger partial charge in [-0.15, -0.1) is 0 Å². The molecule has 2 saturated heterocycles. The molecule has 2 aliphatic rings. The maximum absolute atomic E-state index is 13.4. The van der Waals surface area contributed by atoms with Gasteiger partial charge in [0.05, 0.1) is 5.02 Å². The minimum Gasteiger partial charge on any atom is -0.474 e. The van der Waals surface area contributed by atoms with Crippen LogP contribution in [0.5, 0.6) is 5.88 Å². The van der Waals surface area contributed by atoms with Crippen LogP contribution in [0.15, 0.2) is 42.6 Å². The summed E-state index contributed by atoms with van der Waals surface area (Å²) in [6.45, 7) is 0.352. The summed E-state index contributed by atoms with van der Waals surface area (Å²) < 4.78 is 46.8. The van der Waals surface area contributed by atoms with E-state index < -0.39 is 39.1 Å². The lowest BCUT2D eigenvalue weighted by Crippen LogP contribution is -2.53. The first kappa shape index (κ1) is 22.4. The minimum absolute atomic E-state index is 0.176. The van der Waals surface area contributed by atoms with Gasteiger partial charge in [-0.3, -0.25) is 10.1 Å². The number of nitrogens with zero attached hydrogens (tertiary/aromatic N) is 2. The van der Waals surface area contributed by atoms with Gasteiger partial charge in [-0.25, -0.2) is 26.9 Å². The molecule has 12 heteroatoms. The zero-order chi connectivity index (χ0) is 22.9. The number of rotatable bonds is 6. The fraction of sp³-hybridized carbons (Fsp3) is 0.350. The summed E-state index contributed by atoms with van der Waals surface area (Å²) in [6, 6.07) is 7.27. The Morgan fingerprint density at radius 2 is 1.84 bits per heavy atom. The molecule has 0 bridgehead atoms. The van der Waals surface area contributed by atoms with Crippen LogP contribution in [0.2, 0.25) is 5.02 Å². The molecule has 2 N–H and O–H groups in total. The number of aromatic nitrogens is 1. The zero-order valence-electron chi connectivity index (χ0n) is 16.8. The zero-order valence-corrected chi connectivity index (χ0v) is 18.3. The molecule has 0 aliphatic carbocycles. The average Bonchev–Trinajstić information content (AvgIpc) is 3.03. The lowest BCUT2D eigenvalue weighted by molar-refractivity contribution is -0.123. The molecule has 2 fully saturated rings. The van der Waals surface area contributed by atoms with E-state index in [-0.39, 0.29) is 24.8 Å². The maximum Gasteiger partial charge on any atom is 0.322 e. The monoisotopic (exact) mass is 482 g/mol. The topological polar surface area (TPSA) is 118 Å². The van der Waals surface area contributed by atoms with E-state index in [0.29, 0.717) is 23.7 Å². The van der Waals surface area contributed by atoms with Gasteiger partial charge < -0.3 is 10.1 Å². The molecule has 32 heavy (non-hydrogen) atoms. The number of piperidine rings is 1. The molecule has 3 heterocycles. The molecule has 0 saturated carbocycles. The molecular weight excluding hydrogens is 463 g/mol. The summed E-state index contributed by atoms with van der Waals surface area (Å²) >= 11 is 5.81. The lowest BCUT2D eigenvalue weighted by atomic mass is 9.92. The summed E-state index contributed by atoms with van der Waals surface area (Å²) in [4.78, 5) is 28.6. The number of benzene rings is 1. The Bertz CT molecular complexity index is 1120. The molecule has 2 aromatic rings. The van der Waals surface area contributed by atoms with Gasteiger partial charge >= 0.3 is 6.03 Å². The molecule has 170 valence electrons. The minimum atomic E-state index is -3.97. The predicted octanol–water partition coefficient (Wildman–Crippen LogP) is 1.78. The van der Waals surface area contributed by atoms with Crippen LogP contribution in [0.4, 0.5) is 9.18 Å². The van der Waals surface area contributed by atoms with Crippen LogP contribution < -0.4 is 15.4 Å². The molecule has 0 spiro atoms. The van der Waals surface area contributed by atoms with Crippen LogP contribution in [0.25, 0.3) is 0 Å². The van der Waals surface area contributed by atoms with Crippen LogP contribution in [-0.4, -0.2) is 54.6 Å². The second-order valence-corrected chi connectivity index (χ2v) is 10.0. The largest absolute Gasteiger partial charge is 0.474 e. The molecule has 0 radical (unpaired) electrons. The van der Waals surface area contributed by atoms with E-state index in [9.17, 15) is 22.4 Å². The third-order valence-corrected chi connectivity index (χ3v) is 7.63. The summed E-state index contributed by atoms with van der Waals surface area (Å²) in [5.74, 6) is -1.64. The standard InChI is InChI=1S/C20H20ClFN4O5S/c21-14-3-6-17(23-11-14)31-16-7-9-26(10-8-16)32(29,30)12-20(18(27)24-19(28)25-20)13-1-4-15(22)5-2-13/h1-6,11,16H,7-10,12H2,(H2,24,25,27,28). The third kappa shape index (κ3) is 4.54. The number of amides is 3. The Kier molecular flexibility index (Phi) is 6.06. The number of halogens is 2. The first-order valence-corrected chi connectivity index (χ1v) is 11.8. The van der Waals surface area contributed by atoms with Crippen molar-refractivity contribution in [3.63, 3.8) is 0 Å². The highest BCUT2D eigenvalue weighted by Gasteiger charge is 2.52. The molecule has 1 aromatic carbocycles. The van der Waals surface area contributed by atoms with Crippen molar-refractivity contribution < 1.29 is 27.1 Å². The molecule has 2 aliphatic heterocycles. The van der Waals surface area contributed by atoms with Crippen molar-refractivity contribution in [1.82, 2.24) is 19.9 Å². The highest BCUT2D eigenvalue weighted by molar-refractivity contribution is 7.89. The van der Waals surface area contributed by atoms with Gasteiger partial charge in [0.25, 0.3) is 5.91 Å². The number of imide groups is 1. The van der Waals surface area contributed by atoms with E-state index in [1.54, 1.807) is 12.1 Å². The maximum atomic E-state index is 13.4. The number of ether oxygens (including phenoxy) is 1. The second-order valence-electron chi connectivity index (χ2n) is 7.61. The number of pyridine rings is 1. The number of hydrogen-bond donors (Lipinski definition) is 2. The fourth-order valence-corrected chi connectivity index (χ4v) is 5.79. The van der Waals surface area contributed by atoms with Crippen LogP contribution in [-0.2, 0) is 20.4 Å². The Morgan fingerprint density at radius 3 is 2.41 bits per heavy atom. The Hall–Kier alpha value is -2.76. The summed E-state index contributed by atoms with van der Waals surface area (Å²) in [5.41, 5.74) is -1.66. The normalized spacial score (nSPS) is 22.4. The smallest absolute Gasteiger partial charge is 0.322 e. The van der Waals surface area contributed by atoms with E-state index in [0.717, 1.165) is 12.1 Å². The van der Waals surface area contributed by atoms with Crippen molar-refractivity contribution in [3.8, 4) is 5.88 Å². The number of nitrogens with one attached hydrogen (secondary N) is 2. The first-order valence-electron chi connectivity index (χ1n) is 9.84. The van der Waals surface area contributed by atoms with Crippen molar-refractivity contribution >= 4 is 33.6 Å². The fourth-order valence-electron chi connectivity index (χ4n) is 3.81. The lowest BCUT2D eigenvalue weighted by Gasteiger charge is -2.34. The van der Waals surface area contributed by atoms with Crippen molar-refractivity contribution in [2.75, 3.05) is 18.8 Å². The molecule has 1 atom stereocenters. The van der Waals surface area contributed by atoms with Gasteiger partial charge in [-0.2, -0.15) is 0 Å². The number of urea groups is 1. The van der Waals surface area contributed by atoms with Gasteiger partial charge in [-0.1, -0.05) is 23.7 Å². The van der Waals surface area contributed by atoms with E-state index in [2.05, 4.69) is 15.6 Å². The van der Waals surface area contributed by atoms with E-state index in [1.165, 1.54) is 22.6 Å². The van der Waals surface area contributed by atoms with Gasteiger partial charge in [0.1, 0.15) is 17.7 Å². The highest BCUT2D eigenvalue weighted by atomic mass is 35.5. The van der Waals surface area contributed by atoms with Crippen molar-refractivity contribution in [1.29, 1.82) is 0 Å². The quantitative estimate of drug-likeness (QED) is 0.606. The van der Waals surface area contributed by atoms with Crippen LogP contribution in [0, 0.1) is 5.82 Å². The van der Waals surface area contributed by atoms with Crippen LogP contribution in [0.3, 0.4) is 0 Å². The Balaban J connectivity index is 1.48. The third-order valence-electron chi connectivity index (χ3n) is 5.46. The highest BCUT2D eigenvalue weighted by Crippen LogP contribution is 2.30. The Labute approximate surface area is 189 Å². The SMILES string of the molecule is O=C1NC(=O)C(CS(=O)(=O)N2CCC(Oc3ccc(Cl)cn3)CC2)(c2ccc(F)cc2)N1. The van der Waals surface area contributed by atoms with Crippen LogP contribution >= 0.6 is 11.6 Å². The summed E-state index contributed by atoms with van der Waals surface area (Å²) in [6.07, 6.45) is 2.08. The van der Waals surface area contributed by atoms with Crippen molar-refractivity contribution in [3.05, 3.63) is 59.0 Å². The predicted molar refractivity (Wildman–Crippen MR) is 113 cm³/mol. The van der Waals surface area contributed by atoms with Crippen LogP contribution in [0.1, 0.15) is 18.4 Å². The van der Waals surface area contributed by atoms with E-state index >= 15 is 0 Å². The van der Waals surface area contributed by atoms with E-state index in [1.807, 2.05) is 0 Å². The molecular formula is C20H20ClFN4O5S. The van der Waals surface area contributed by atoms with Crippen molar-refractivity contribution in [2.24, 2.45) is 0 Å². The second kappa shape index (κ2) is 8.64. The Morgan fingerprint density at radius 1 is 1.16 bits per heavy atom. The van der Waals surface area contributed by atoms with Gasteiger partial charge in [-0.05, 0) is 36.6 Å². The molecule has 1 unspecified atom stereocenters. The first-order chi connectivity index (χ1) is 15.2. The van der Waals surface area contributed by atoms with Gasteiger partial charge in [0.2, 0.25) is 15.9 Å². The molecule has 1 aromatic heterocycles. The number of hydrogen-bond acceptors (Lipinski definition) is 6. The average molecular weight is 483 g/mol. The molecule has 9 nitrogen and oxygen atoms in total. The molecule has 3 amide bonds. The molecule has 4 rings (SSSR count).